The zero-order valence-corrected chi connectivity index (χ0v) is 9.87. The lowest BCUT2D eigenvalue weighted by molar-refractivity contribution is -0.116. The van der Waals surface area contributed by atoms with Gasteiger partial charge >= 0.3 is 0 Å². The molecule has 4 nitrogen and oxygen atoms in total. The van der Waals surface area contributed by atoms with E-state index in [1.807, 2.05) is 30.3 Å². The number of hydrogen-bond acceptors (Lipinski definition) is 3. The molecule has 1 N–H and O–H groups in total. The average Bonchev–Trinajstić information content (AvgIpc) is 2.41. The second-order valence-corrected chi connectivity index (χ2v) is 3.70. The highest BCUT2D eigenvalue weighted by Gasteiger charge is 2.02. The molecular formula is C14H14N2O2. The van der Waals surface area contributed by atoms with Crippen molar-refractivity contribution in [1.82, 2.24) is 4.98 Å². The summed E-state index contributed by atoms with van der Waals surface area (Å²) in [5, 5.41) is 2.77. The number of nitrogens with one attached hydrogen (secondary N) is 1. The standard InChI is InChI=1S/C14H14N2O2/c17-14(16-12-6-9-15-10-7-12)8-11-18-13-4-2-1-3-5-13/h1-7,9-10H,8,11H2,(H,15,16,17). The number of carbonyl (C=O) groups excluding carboxylic acids is 1. The molecule has 1 heterocycles. The Balaban J connectivity index is 1.73. The SMILES string of the molecule is O=C(CCOc1ccccc1)Nc1ccncc1. The first-order chi connectivity index (χ1) is 8.84. The van der Waals surface area contributed by atoms with E-state index in [1.54, 1.807) is 24.5 Å². The fourth-order valence-electron chi connectivity index (χ4n) is 1.44. The molecule has 18 heavy (non-hydrogen) atoms. The van der Waals surface area contributed by atoms with Crippen molar-refractivity contribution in [2.45, 2.75) is 6.42 Å². The van der Waals surface area contributed by atoms with E-state index in [2.05, 4.69) is 10.3 Å². The van der Waals surface area contributed by atoms with E-state index in [0.29, 0.717) is 13.0 Å². The van der Waals surface area contributed by atoms with Crippen LogP contribution in [0.15, 0.2) is 54.9 Å². The van der Waals surface area contributed by atoms with Crippen molar-refractivity contribution in [2.24, 2.45) is 0 Å². The minimum atomic E-state index is -0.0721. The Kier molecular flexibility index (Phi) is 4.30. The molecule has 0 spiro atoms. The van der Waals surface area contributed by atoms with Gasteiger partial charge in [-0.05, 0) is 24.3 Å². The molecule has 0 saturated heterocycles. The van der Waals surface area contributed by atoms with Crippen LogP contribution in [-0.4, -0.2) is 17.5 Å². The Morgan fingerprint density at radius 1 is 1.11 bits per heavy atom. The fraction of sp³-hybridized carbons (Fsp3) is 0.143. The Morgan fingerprint density at radius 3 is 2.56 bits per heavy atom. The number of anilines is 1. The van der Waals surface area contributed by atoms with Gasteiger partial charge in [-0.3, -0.25) is 9.78 Å². The van der Waals surface area contributed by atoms with Crippen LogP contribution in [0.2, 0.25) is 0 Å². The molecule has 2 rings (SSSR count). The highest BCUT2D eigenvalue weighted by Crippen LogP contribution is 2.09. The smallest absolute Gasteiger partial charge is 0.227 e. The van der Waals surface area contributed by atoms with Gasteiger partial charge in [0.05, 0.1) is 13.0 Å². The minimum absolute atomic E-state index is 0.0721. The van der Waals surface area contributed by atoms with Crippen molar-refractivity contribution in [2.75, 3.05) is 11.9 Å². The zero-order valence-electron chi connectivity index (χ0n) is 9.87. The number of benzene rings is 1. The second-order valence-electron chi connectivity index (χ2n) is 3.70. The lowest BCUT2D eigenvalue weighted by Crippen LogP contribution is -2.15. The molecule has 0 atom stereocenters. The first-order valence-electron chi connectivity index (χ1n) is 5.72. The van der Waals surface area contributed by atoms with Crippen LogP contribution >= 0.6 is 0 Å². The Hall–Kier alpha value is -2.36. The summed E-state index contributed by atoms with van der Waals surface area (Å²) in [5.74, 6) is 0.700. The highest BCUT2D eigenvalue weighted by molar-refractivity contribution is 5.90. The molecule has 2 aromatic rings. The third kappa shape index (κ3) is 3.90. The predicted molar refractivity (Wildman–Crippen MR) is 69.4 cm³/mol. The maximum absolute atomic E-state index is 11.6. The second kappa shape index (κ2) is 6.39. The topological polar surface area (TPSA) is 51.2 Å². The van der Waals surface area contributed by atoms with E-state index < -0.39 is 0 Å². The van der Waals surface area contributed by atoms with Gasteiger partial charge in [0.2, 0.25) is 5.91 Å². The number of para-hydroxylation sites is 1. The number of hydrogen-bond donors (Lipinski definition) is 1. The largest absolute Gasteiger partial charge is 0.493 e. The highest BCUT2D eigenvalue weighted by atomic mass is 16.5. The van der Waals surface area contributed by atoms with Crippen molar-refractivity contribution < 1.29 is 9.53 Å². The van der Waals surface area contributed by atoms with E-state index in [4.69, 9.17) is 4.74 Å². The van der Waals surface area contributed by atoms with E-state index >= 15 is 0 Å². The molecule has 0 saturated carbocycles. The van der Waals surface area contributed by atoms with E-state index in [-0.39, 0.29) is 5.91 Å². The molecule has 0 bridgehead atoms. The number of pyridine rings is 1. The molecule has 0 aliphatic rings. The van der Waals surface area contributed by atoms with Crippen molar-refractivity contribution in [1.29, 1.82) is 0 Å². The van der Waals surface area contributed by atoms with Crippen molar-refractivity contribution in [3.8, 4) is 5.75 Å². The van der Waals surface area contributed by atoms with Gasteiger partial charge in [-0.15, -0.1) is 0 Å². The average molecular weight is 242 g/mol. The van der Waals surface area contributed by atoms with E-state index in [0.717, 1.165) is 11.4 Å². The summed E-state index contributed by atoms with van der Waals surface area (Å²) in [7, 11) is 0. The number of amides is 1. The number of carbonyl (C=O) groups is 1. The molecule has 0 aliphatic heterocycles. The van der Waals surface area contributed by atoms with Gasteiger partial charge < -0.3 is 10.1 Å². The molecule has 1 aromatic carbocycles. The van der Waals surface area contributed by atoms with Crippen LogP contribution < -0.4 is 10.1 Å². The maximum atomic E-state index is 11.6. The van der Waals surface area contributed by atoms with E-state index in [1.165, 1.54) is 0 Å². The summed E-state index contributed by atoms with van der Waals surface area (Å²) >= 11 is 0. The van der Waals surface area contributed by atoms with Crippen LogP contribution in [-0.2, 0) is 4.79 Å². The summed E-state index contributed by atoms with van der Waals surface area (Å²) in [6.45, 7) is 0.362. The minimum Gasteiger partial charge on any atom is -0.493 e. The van der Waals surface area contributed by atoms with Crippen LogP contribution in [0.25, 0.3) is 0 Å². The summed E-state index contributed by atoms with van der Waals surface area (Å²) in [6.07, 6.45) is 3.59. The molecule has 92 valence electrons. The van der Waals surface area contributed by atoms with Crippen LogP contribution in [0.3, 0.4) is 0 Å². The third-order valence-electron chi connectivity index (χ3n) is 2.31. The Bertz CT molecular complexity index is 486. The summed E-state index contributed by atoms with van der Waals surface area (Å²) in [5.41, 5.74) is 0.745. The lowest BCUT2D eigenvalue weighted by atomic mass is 10.3. The van der Waals surface area contributed by atoms with Crippen molar-refractivity contribution in [3.63, 3.8) is 0 Å². The molecule has 1 amide bonds. The van der Waals surface area contributed by atoms with Gasteiger partial charge in [0.15, 0.2) is 0 Å². The lowest BCUT2D eigenvalue weighted by Gasteiger charge is -2.06. The number of rotatable bonds is 5. The molecule has 0 unspecified atom stereocenters. The zero-order chi connectivity index (χ0) is 12.6. The summed E-state index contributed by atoms with van der Waals surface area (Å²) in [4.78, 5) is 15.5. The van der Waals surface area contributed by atoms with Crippen LogP contribution in [0, 0.1) is 0 Å². The van der Waals surface area contributed by atoms with Crippen LogP contribution in [0.5, 0.6) is 5.75 Å². The van der Waals surface area contributed by atoms with Crippen LogP contribution in [0.1, 0.15) is 6.42 Å². The summed E-state index contributed by atoms with van der Waals surface area (Å²) in [6, 6.07) is 12.9. The first-order valence-corrected chi connectivity index (χ1v) is 5.72. The van der Waals surface area contributed by atoms with Gasteiger partial charge in [0, 0.05) is 18.1 Å². The van der Waals surface area contributed by atoms with Gasteiger partial charge in [-0.2, -0.15) is 0 Å². The molecule has 0 aliphatic carbocycles. The number of nitrogens with zero attached hydrogens (tertiary/aromatic N) is 1. The number of ether oxygens (including phenoxy) is 1. The fourth-order valence-corrected chi connectivity index (χ4v) is 1.44. The predicted octanol–water partition coefficient (Wildman–Crippen LogP) is 2.49. The normalized spacial score (nSPS) is 9.78. The van der Waals surface area contributed by atoms with Crippen molar-refractivity contribution in [3.05, 3.63) is 54.9 Å². The van der Waals surface area contributed by atoms with Crippen molar-refractivity contribution >= 4 is 11.6 Å². The maximum Gasteiger partial charge on any atom is 0.227 e. The van der Waals surface area contributed by atoms with Gasteiger partial charge in [0.25, 0.3) is 0 Å². The molecule has 0 radical (unpaired) electrons. The third-order valence-corrected chi connectivity index (χ3v) is 2.31. The van der Waals surface area contributed by atoms with Gasteiger partial charge in [-0.1, -0.05) is 18.2 Å². The molecule has 4 heteroatoms. The van der Waals surface area contributed by atoms with Gasteiger partial charge in [-0.25, -0.2) is 0 Å². The van der Waals surface area contributed by atoms with Gasteiger partial charge in [0.1, 0.15) is 5.75 Å². The quantitative estimate of drug-likeness (QED) is 0.876. The molecular weight excluding hydrogens is 228 g/mol. The van der Waals surface area contributed by atoms with E-state index in [9.17, 15) is 4.79 Å². The summed E-state index contributed by atoms with van der Waals surface area (Å²) < 4.78 is 5.44. The molecule has 1 aromatic heterocycles. The molecule has 0 fully saturated rings. The monoisotopic (exact) mass is 242 g/mol. The Labute approximate surface area is 106 Å². The first kappa shape index (κ1) is 12.1. The number of aromatic nitrogens is 1. The Morgan fingerprint density at radius 2 is 1.83 bits per heavy atom. The van der Waals surface area contributed by atoms with Crippen LogP contribution in [0.4, 0.5) is 5.69 Å².